The van der Waals surface area contributed by atoms with Crippen molar-refractivity contribution in [1.82, 2.24) is 9.55 Å². The van der Waals surface area contributed by atoms with Crippen molar-refractivity contribution in [2.45, 2.75) is 39.0 Å². The van der Waals surface area contributed by atoms with Gasteiger partial charge in [-0.15, -0.1) is 0 Å². The molecule has 0 bridgehead atoms. The molecule has 1 atom stereocenters. The summed E-state index contributed by atoms with van der Waals surface area (Å²) < 4.78 is 1.87. The number of carbonyl (C=O) groups excluding carboxylic acids is 1. The van der Waals surface area contributed by atoms with Gasteiger partial charge in [0.15, 0.2) is 5.78 Å². The first-order valence-electron chi connectivity index (χ1n) is 5.27. The Kier molecular flexibility index (Phi) is 3.18. The van der Waals surface area contributed by atoms with Crippen LogP contribution in [0.5, 0.6) is 0 Å². The molecule has 1 heterocycles. The summed E-state index contributed by atoms with van der Waals surface area (Å²) >= 11 is 0. The van der Waals surface area contributed by atoms with Crippen LogP contribution in [0.25, 0.3) is 0 Å². The van der Waals surface area contributed by atoms with E-state index in [0.717, 1.165) is 11.5 Å². The Morgan fingerprint density at radius 2 is 2.00 bits per heavy atom. The maximum atomic E-state index is 12.2. The van der Waals surface area contributed by atoms with Crippen LogP contribution in [-0.4, -0.2) is 23.4 Å². The summed E-state index contributed by atoms with van der Waals surface area (Å²) in [4.78, 5) is 16.4. The maximum Gasteiger partial charge on any atom is 0.180 e. The van der Waals surface area contributed by atoms with E-state index in [1.807, 2.05) is 25.5 Å². The summed E-state index contributed by atoms with van der Waals surface area (Å²) in [6.07, 6.45) is 1.69. The first-order chi connectivity index (χ1) is 6.75. The molecule has 1 aromatic heterocycles. The van der Waals surface area contributed by atoms with Crippen molar-refractivity contribution in [2.24, 2.45) is 7.05 Å². The fraction of sp³-hybridized carbons (Fsp3) is 0.636. The molecule has 1 aromatic rings. The zero-order valence-corrected chi connectivity index (χ0v) is 11.5. The van der Waals surface area contributed by atoms with E-state index in [4.69, 9.17) is 0 Å². The molecule has 1 unspecified atom stereocenters. The molecular weight excluding hydrogens is 204 g/mol. The number of rotatable bonds is 3. The predicted molar refractivity (Wildman–Crippen MR) is 65.0 cm³/mol. The number of aryl methyl sites for hydroxylation is 1. The van der Waals surface area contributed by atoms with Gasteiger partial charge >= 0.3 is 0 Å². The predicted octanol–water partition coefficient (Wildman–Crippen LogP) is 2.64. The third-order valence-corrected chi connectivity index (χ3v) is 6.03. The van der Waals surface area contributed by atoms with Crippen molar-refractivity contribution in [3.05, 3.63) is 17.7 Å². The van der Waals surface area contributed by atoms with Crippen LogP contribution < -0.4 is 0 Å². The van der Waals surface area contributed by atoms with Gasteiger partial charge in [-0.3, -0.25) is 4.79 Å². The monoisotopic (exact) mass is 224 g/mol. The first-order valence-corrected chi connectivity index (χ1v) is 8.85. The van der Waals surface area contributed by atoms with Crippen molar-refractivity contribution in [3.8, 4) is 0 Å². The Bertz CT molecular complexity index is 376. The van der Waals surface area contributed by atoms with Gasteiger partial charge in [0.25, 0.3) is 0 Å². The van der Waals surface area contributed by atoms with Crippen LogP contribution in [0.1, 0.15) is 23.2 Å². The Labute approximate surface area is 92.5 Å². The highest BCUT2D eigenvalue weighted by atomic mass is 28.3. The number of hydrogen-bond acceptors (Lipinski definition) is 2. The second kappa shape index (κ2) is 3.93. The summed E-state index contributed by atoms with van der Waals surface area (Å²) in [5.74, 6) is 1.12. The Morgan fingerprint density at radius 3 is 2.33 bits per heavy atom. The van der Waals surface area contributed by atoms with Crippen LogP contribution in [0.2, 0.25) is 25.2 Å². The van der Waals surface area contributed by atoms with Crippen molar-refractivity contribution in [1.29, 1.82) is 0 Å². The number of aromatic nitrogens is 2. The number of hydrogen-bond donors (Lipinski definition) is 0. The molecule has 0 aliphatic rings. The van der Waals surface area contributed by atoms with Gasteiger partial charge < -0.3 is 4.57 Å². The highest BCUT2D eigenvalue weighted by Gasteiger charge is 2.30. The number of Topliss-reactive ketones (excluding diaryl/α,β-unsaturated/α-hetero) is 1. The Hall–Kier alpha value is -0.903. The summed E-state index contributed by atoms with van der Waals surface area (Å²) in [5, 5.41) is 0. The standard InChI is InChI=1S/C11H20N2OSi/c1-8(15(4,5)6)11(14)10-7-12-9(2)13(10)3/h7-8H,1-6H3. The molecule has 84 valence electrons. The highest BCUT2D eigenvalue weighted by molar-refractivity contribution is 6.80. The van der Waals surface area contributed by atoms with Gasteiger partial charge in [0, 0.05) is 12.6 Å². The zero-order chi connectivity index (χ0) is 11.8. The van der Waals surface area contributed by atoms with Gasteiger partial charge in [0.05, 0.1) is 14.3 Å². The second-order valence-electron chi connectivity index (χ2n) is 5.20. The summed E-state index contributed by atoms with van der Waals surface area (Å²) in [7, 11) is 0.485. The molecule has 1 rings (SSSR count). The average molecular weight is 224 g/mol. The second-order valence-corrected chi connectivity index (χ2v) is 10.8. The molecule has 0 saturated heterocycles. The van der Waals surface area contributed by atoms with Crippen molar-refractivity contribution in [3.63, 3.8) is 0 Å². The summed E-state index contributed by atoms with van der Waals surface area (Å²) in [5.41, 5.74) is 0.884. The van der Waals surface area contributed by atoms with Crippen molar-refractivity contribution in [2.75, 3.05) is 0 Å². The smallest absolute Gasteiger partial charge is 0.180 e. The van der Waals surface area contributed by atoms with Crippen molar-refractivity contribution < 1.29 is 4.79 Å². The van der Waals surface area contributed by atoms with E-state index in [0.29, 0.717) is 0 Å². The highest BCUT2D eigenvalue weighted by Crippen LogP contribution is 2.25. The third kappa shape index (κ3) is 2.37. The third-order valence-electron chi connectivity index (χ3n) is 3.17. The lowest BCUT2D eigenvalue weighted by Gasteiger charge is -2.23. The molecule has 0 amide bonds. The molecule has 3 nitrogen and oxygen atoms in total. The van der Waals surface area contributed by atoms with E-state index in [-0.39, 0.29) is 11.3 Å². The molecule has 0 fully saturated rings. The summed E-state index contributed by atoms with van der Waals surface area (Å²) in [6.45, 7) is 10.6. The molecule has 0 N–H and O–H groups in total. The lowest BCUT2D eigenvalue weighted by Crippen LogP contribution is -2.32. The summed E-state index contributed by atoms with van der Waals surface area (Å²) in [6, 6.07) is 0. The van der Waals surface area contributed by atoms with E-state index in [1.165, 1.54) is 0 Å². The van der Waals surface area contributed by atoms with E-state index in [1.54, 1.807) is 6.20 Å². The topological polar surface area (TPSA) is 34.9 Å². The Balaban J connectivity index is 3.01. The fourth-order valence-electron chi connectivity index (χ4n) is 1.35. The molecule has 4 heteroatoms. The van der Waals surface area contributed by atoms with E-state index in [9.17, 15) is 4.79 Å². The maximum absolute atomic E-state index is 12.2. The molecule has 0 aromatic carbocycles. The number of nitrogens with zero attached hydrogens (tertiary/aromatic N) is 2. The molecule has 0 saturated carbocycles. The molecule has 0 radical (unpaired) electrons. The molecule has 0 aliphatic carbocycles. The number of carbonyl (C=O) groups is 1. The van der Waals surface area contributed by atoms with Crippen LogP contribution in [0.4, 0.5) is 0 Å². The Morgan fingerprint density at radius 1 is 1.47 bits per heavy atom. The van der Waals surface area contributed by atoms with Crippen molar-refractivity contribution >= 4 is 13.9 Å². The molecule has 0 spiro atoms. The molecule has 0 aliphatic heterocycles. The minimum Gasteiger partial charge on any atom is -0.329 e. The lowest BCUT2D eigenvalue weighted by molar-refractivity contribution is 0.0978. The quantitative estimate of drug-likeness (QED) is 0.584. The number of imidazole rings is 1. The number of ketones is 1. The SMILES string of the molecule is Cc1ncc(C(=O)C(C)[Si](C)(C)C)n1C. The van der Waals surface area contributed by atoms with E-state index >= 15 is 0 Å². The minimum atomic E-state index is -1.41. The van der Waals surface area contributed by atoms with Gasteiger partial charge in [0.1, 0.15) is 11.5 Å². The fourth-order valence-corrected chi connectivity index (χ4v) is 2.28. The van der Waals surface area contributed by atoms with Crippen LogP contribution in [0, 0.1) is 6.92 Å². The van der Waals surface area contributed by atoms with E-state index in [2.05, 4.69) is 24.6 Å². The lowest BCUT2D eigenvalue weighted by atomic mass is 10.2. The van der Waals surface area contributed by atoms with Crippen LogP contribution in [0.15, 0.2) is 6.20 Å². The van der Waals surface area contributed by atoms with Gasteiger partial charge in [-0.25, -0.2) is 4.98 Å². The van der Waals surface area contributed by atoms with Gasteiger partial charge in [-0.05, 0) is 6.92 Å². The largest absolute Gasteiger partial charge is 0.329 e. The van der Waals surface area contributed by atoms with E-state index < -0.39 is 8.07 Å². The van der Waals surface area contributed by atoms with Crippen LogP contribution in [-0.2, 0) is 7.05 Å². The molecular formula is C11H20N2OSi. The first kappa shape index (κ1) is 12.2. The van der Waals surface area contributed by atoms with Crippen LogP contribution in [0.3, 0.4) is 0 Å². The van der Waals surface area contributed by atoms with Gasteiger partial charge in [0.2, 0.25) is 0 Å². The molecule has 15 heavy (non-hydrogen) atoms. The van der Waals surface area contributed by atoms with Gasteiger partial charge in [-0.2, -0.15) is 0 Å². The minimum absolute atomic E-state index is 0.146. The van der Waals surface area contributed by atoms with Crippen LogP contribution >= 0.6 is 0 Å². The normalized spacial score (nSPS) is 14.0. The zero-order valence-electron chi connectivity index (χ0n) is 10.5. The van der Waals surface area contributed by atoms with Gasteiger partial charge in [-0.1, -0.05) is 26.6 Å². The average Bonchev–Trinajstić information content (AvgIpc) is 2.44.